The number of aliphatic imine (C=N–C) groups is 1. The molecule has 1 aromatic rings. The Morgan fingerprint density at radius 1 is 1.35 bits per heavy atom. The molecule has 0 aromatic heterocycles. The zero-order valence-electron chi connectivity index (χ0n) is 10.2. The van der Waals surface area contributed by atoms with Crippen LogP contribution in [0.2, 0.25) is 0 Å². The second kappa shape index (κ2) is 5.19. The van der Waals surface area contributed by atoms with E-state index in [0.29, 0.717) is 5.92 Å². The molecule has 4 nitrogen and oxygen atoms in total. The van der Waals surface area contributed by atoms with Crippen LogP contribution in [0.4, 0.5) is 0 Å². The molecule has 2 rings (SSSR count). The summed E-state index contributed by atoms with van der Waals surface area (Å²) in [5, 5.41) is 3.17. The Hall–Kier alpha value is -1.55. The van der Waals surface area contributed by atoms with E-state index in [9.17, 15) is 0 Å². The van der Waals surface area contributed by atoms with Gasteiger partial charge in [-0.2, -0.15) is 0 Å². The van der Waals surface area contributed by atoms with Crippen molar-refractivity contribution in [3.63, 3.8) is 0 Å². The lowest BCUT2D eigenvalue weighted by molar-refractivity contribution is 0.576. The summed E-state index contributed by atoms with van der Waals surface area (Å²) in [6.45, 7) is 1.66. The second-order valence-electron chi connectivity index (χ2n) is 4.67. The van der Waals surface area contributed by atoms with Crippen LogP contribution in [0.3, 0.4) is 0 Å². The number of hydrogen-bond acceptors (Lipinski definition) is 2. The quantitative estimate of drug-likeness (QED) is 0.519. The minimum absolute atomic E-state index is 0.192. The molecule has 0 amide bonds. The first-order chi connectivity index (χ1) is 8.19. The SMILES string of the molecule is CNCc1ccc2c(c1)CC(CN=C(N)N)C2. The normalized spacial score (nSPS) is 17.8. The van der Waals surface area contributed by atoms with Crippen LogP contribution in [0.15, 0.2) is 23.2 Å². The van der Waals surface area contributed by atoms with Crippen LogP contribution in [0.1, 0.15) is 16.7 Å². The van der Waals surface area contributed by atoms with Crippen LogP contribution in [0, 0.1) is 5.92 Å². The fourth-order valence-corrected chi connectivity index (χ4v) is 2.44. The highest BCUT2D eigenvalue weighted by atomic mass is 15.0. The lowest BCUT2D eigenvalue weighted by Crippen LogP contribution is -2.24. The Kier molecular flexibility index (Phi) is 3.64. The first-order valence-electron chi connectivity index (χ1n) is 5.99. The summed E-state index contributed by atoms with van der Waals surface area (Å²) in [5.41, 5.74) is 15.0. The van der Waals surface area contributed by atoms with Gasteiger partial charge in [-0.25, -0.2) is 0 Å². The Bertz CT molecular complexity index is 421. The first-order valence-corrected chi connectivity index (χ1v) is 5.99. The van der Waals surface area contributed by atoms with Crippen molar-refractivity contribution < 1.29 is 0 Å². The summed E-state index contributed by atoms with van der Waals surface area (Å²) in [4.78, 5) is 4.11. The van der Waals surface area contributed by atoms with Gasteiger partial charge < -0.3 is 16.8 Å². The molecule has 0 bridgehead atoms. The predicted octanol–water partition coefficient (Wildman–Crippen LogP) is 0.394. The van der Waals surface area contributed by atoms with Gasteiger partial charge in [-0.15, -0.1) is 0 Å². The third-order valence-corrected chi connectivity index (χ3v) is 3.20. The fourth-order valence-electron chi connectivity index (χ4n) is 2.44. The minimum atomic E-state index is 0.192. The Morgan fingerprint density at radius 3 is 2.82 bits per heavy atom. The smallest absolute Gasteiger partial charge is 0.185 e. The van der Waals surface area contributed by atoms with Crippen LogP contribution < -0.4 is 16.8 Å². The number of hydrogen-bond donors (Lipinski definition) is 3. The summed E-state index contributed by atoms with van der Waals surface area (Å²) in [6.07, 6.45) is 2.18. The summed E-state index contributed by atoms with van der Waals surface area (Å²) in [5.74, 6) is 0.744. The molecule has 1 unspecified atom stereocenters. The molecule has 0 heterocycles. The van der Waals surface area contributed by atoms with Crippen LogP contribution in [-0.2, 0) is 19.4 Å². The molecule has 4 heteroatoms. The lowest BCUT2D eigenvalue weighted by atomic mass is 10.1. The average Bonchev–Trinajstić information content (AvgIpc) is 2.69. The predicted molar refractivity (Wildman–Crippen MR) is 70.8 cm³/mol. The zero-order chi connectivity index (χ0) is 12.3. The van der Waals surface area contributed by atoms with Crippen LogP contribution in [0.5, 0.6) is 0 Å². The molecule has 17 heavy (non-hydrogen) atoms. The van der Waals surface area contributed by atoms with Crippen LogP contribution >= 0.6 is 0 Å². The summed E-state index contributed by atoms with van der Waals surface area (Å²) in [7, 11) is 1.97. The van der Waals surface area contributed by atoms with Crippen molar-refractivity contribution in [3.8, 4) is 0 Å². The van der Waals surface area contributed by atoms with Crippen molar-refractivity contribution in [2.24, 2.45) is 22.4 Å². The van der Waals surface area contributed by atoms with Crippen molar-refractivity contribution in [2.75, 3.05) is 13.6 Å². The molecule has 0 spiro atoms. The third kappa shape index (κ3) is 2.97. The maximum atomic E-state index is 5.36. The van der Waals surface area contributed by atoms with Gasteiger partial charge in [0.2, 0.25) is 0 Å². The van der Waals surface area contributed by atoms with Gasteiger partial charge in [-0.05, 0) is 42.5 Å². The molecular formula is C13H20N4. The molecule has 1 aromatic carbocycles. The summed E-state index contributed by atoms with van der Waals surface area (Å²) >= 11 is 0. The minimum Gasteiger partial charge on any atom is -0.370 e. The highest BCUT2D eigenvalue weighted by molar-refractivity contribution is 5.75. The maximum Gasteiger partial charge on any atom is 0.185 e. The van der Waals surface area contributed by atoms with Gasteiger partial charge in [-0.3, -0.25) is 4.99 Å². The highest BCUT2D eigenvalue weighted by Gasteiger charge is 2.21. The molecule has 0 radical (unpaired) electrons. The van der Waals surface area contributed by atoms with Crippen LogP contribution in [0.25, 0.3) is 0 Å². The average molecular weight is 232 g/mol. The van der Waals surface area contributed by atoms with E-state index in [1.165, 1.54) is 16.7 Å². The molecule has 1 aliphatic carbocycles. The standard InChI is InChI=1S/C13H20N4/c1-16-7-9-2-3-11-5-10(6-12(11)4-9)8-17-13(14)15/h2-4,10,16H,5-8H2,1H3,(H4,14,15,17). The van der Waals surface area contributed by atoms with Crippen molar-refractivity contribution in [1.29, 1.82) is 0 Å². The number of guanidine groups is 1. The van der Waals surface area contributed by atoms with Crippen molar-refractivity contribution in [3.05, 3.63) is 34.9 Å². The third-order valence-electron chi connectivity index (χ3n) is 3.20. The summed E-state index contributed by atoms with van der Waals surface area (Å²) in [6, 6.07) is 6.72. The number of nitrogens with one attached hydrogen (secondary N) is 1. The Balaban J connectivity index is 2.03. The van der Waals surface area contributed by atoms with Gasteiger partial charge in [0, 0.05) is 13.1 Å². The van der Waals surface area contributed by atoms with Crippen LogP contribution in [-0.4, -0.2) is 19.6 Å². The van der Waals surface area contributed by atoms with Gasteiger partial charge in [0.05, 0.1) is 0 Å². The van der Waals surface area contributed by atoms with Gasteiger partial charge in [-0.1, -0.05) is 18.2 Å². The van der Waals surface area contributed by atoms with Gasteiger partial charge in [0.15, 0.2) is 5.96 Å². The number of benzene rings is 1. The first kappa shape index (κ1) is 11.9. The van der Waals surface area contributed by atoms with Gasteiger partial charge in [0.25, 0.3) is 0 Å². The van der Waals surface area contributed by atoms with Gasteiger partial charge in [0.1, 0.15) is 0 Å². The number of nitrogens with two attached hydrogens (primary N) is 2. The topological polar surface area (TPSA) is 76.4 Å². The Labute approximate surface area is 102 Å². The largest absolute Gasteiger partial charge is 0.370 e. The lowest BCUT2D eigenvalue weighted by Gasteiger charge is -2.04. The van der Waals surface area contributed by atoms with E-state index in [1.54, 1.807) is 0 Å². The monoisotopic (exact) mass is 232 g/mol. The molecular weight excluding hydrogens is 212 g/mol. The van der Waals surface area contributed by atoms with E-state index in [2.05, 4.69) is 28.5 Å². The van der Waals surface area contributed by atoms with E-state index < -0.39 is 0 Å². The molecule has 0 saturated carbocycles. The summed E-state index contributed by atoms with van der Waals surface area (Å²) < 4.78 is 0. The van der Waals surface area contributed by atoms with Crippen molar-refractivity contribution in [2.45, 2.75) is 19.4 Å². The van der Waals surface area contributed by atoms with E-state index in [1.807, 2.05) is 7.05 Å². The number of nitrogens with zero attached hydrogens (tertiary/aromatic N) is 1. The van der Waals surface area contributed by atoms with E-state index in [0.717, 1.165) is 25.9 Å². The molecule has 1 atom stereocenters. The highest BCUT2D eigenvalue weighted by Crippen LogP contribution is 2.27. The van der Waals surface area contributed by atoms with Crippen molar-refractivity contribution >= 4 is 5.96 Å². The van der Waals surface area contributed by atoms with E-state index in [4.69, 9.17) is 11.5 Å². The molecule has 92 valence electrons. The zero-order valence-corrected chi connectivity index (χ0v) is 10.2. The molecule has 5 N–H and O–H groups in total. The Morgan fingerprint density at radius 2 is 2.12 bits per heavy atom. The van der Waals surface area contributed by atoms with E-state index >= 15 is 0 Å². The molecule has 0 aliphatic heterocycles. The fraction of sp³-hybridized carbons (Fsp3) is 0.462. The molecule has 0 saturated heterocycles. The molecule has 0 fully saturated rings. The van der Waals surface area contributed by atoms with E-state index in [-0.39, 0.29) is 5.96 Å². The number of rotatable bonds is 4. The second-order valence-corrected chi connectivity index (χ2v) is 4.67. The number of fused-ring (bicyclic) bond motifs is 1. The van der Waals surface area contributed by atoms with Gasteiger partial charge >= 0.3 is 0 Å². The molecule has 1 aliphatic rings. The maximum absolute atomic E-state index is 5.36. The van der Waals surface area contributed by atoms with Crippen molar-refractivity contribution in [1.82, 2.24) is 5.32 Å².